The predicted octanol–water partition coefficient (Wildman–Crippen LogP) is 5.01. The van der Waals surface area contributed by atoms with Crippen LogP contribution in [0.1, 0.15) is 19.4 Å². The minimum absolute atomic E-state index is 0.0146. The molecule has 7 nitrogen and oxygen atoms in total. The molecule has 2 heterocycles. The molecule has 4 rings (SSSR count). The number of benzene rings is 2. The van der Waals surface area contributed by atoms with Gasteiger partial charge in [-0.15, -0.1) is 0 Å². The van der Waals surface area contributed by atoms with Crippen molar-refractivity contribution >= 4 is 29.2 Å². The van der Waals surface area contributed by atoms with Gasteiger partial charge in [-0.05, 0) is 49.7 Å². The van der Waals surface area contributed by atoms with Crippen molar-refractivity contribution in [2.45, 2.75) is 26.5 Å². The summed E-state index contributed by atoms with van der Waals surface area (Å²) < 4.78 is 11.1. The highest BCUT2D eigenvalue weighted by Gasteiger charge is 2.32. The maximum absolute atomic E-state index is 11.0. The van der Waals surface area contributed by atoms with Crippen LogP contribution in [-0.4, -0.2) is 45.3 Å². The molecule has 1 saturated heterocycles. The second-order valence-corrected chi connectivity index (χ2v) is 8.59. The van der Waals surface area contributed by atoms with Crippen LogP contribution in [0.2, 0.25) is 10.0 Å². The van der Waals surface area contributed by atoms with E-state index in [0.29, 0.717) is 58.3 Å². The molecule has 1 fully saturated rings. The summed E-state index contributed by atoms with van der Waals surface area (Å²) in [7, 11) is 0. The summed E-state index contributed by atoms with van der Waals surface area (Å²) in [6, 6.07) is 10.9. The Hall–Kier alpha value is -2.61. The Morgan fingerprint density at radius 1 is 1.23 bits per heavy atom. The van der Waals surface area contributed by atoms with Crippen molar-refractivity contribution in [1.82, 2.24) is 15.0 Å². The van der Waals surface area contributed by atoms with Crippen LogP contribution < -0.4 is 4.74 Å². The number of hydrogen-bond donors (Lipinski definition) is 1. The van der Waals surface area contributed by atoms with E-state index in [9.17, 15) is 4.79 Å². The lowest BCUT2D eigenvalue weighted by atomic mass is 9.99. The third-order valence-electron chi connectivity index (χ3n) is 4.95. The van der Waals surface area contributed by atoms with Crippen LogP contribution in [0, 0.1) is 5.92 Å². The summed E-state index contributed by atoms with van der Waals surface area (Å²) in [4.78, 5) is 17.5. The first-order valence-corrected chi connectivity index (χ1v) is 10.6. The zero-order chi connectivity index (χ0) is 22.1. The van der Waals surface area contributed by atoms with Gasteiger partial charge in [-0.25, -0.2) is 0 Å². The van der Waals surface area contributed by atoms with Crippen molar-refractivity contribution < 1.29 is 19.2 Å². The van der Waals surface area contributed by atoms with E-state index in [1.165, 1.54) is 0 Å². The first kappa shape index (κ1) is 21.6. The van der Waals surface area contributed by atoms with Crippen molar-refractivity contribution in [1.29, 1.82) is 0 Å². The Bertz CT molecular complexity index is 1110. The lowest BCUT2D eigenvalue weighted by Crippen LogP contribution is -2.49. The number of carboxylic acids is 1. The molecule has 0 amide bonds. The fourth-order valence-electron chi connectivity index (χ4n) is 3.39. The lowest BCUT2D eigenvalue weighted by molar-refractivity contribution is -0.147. The standard InChI is InChI=1S/C22H21Cl2N3O4/c1-12(2)30-19-6-4-14(8-18(19)24)20-25-21(31-26-20)16-7-13(3-5-17(16)23)9-27-10-15(11-27)22(28)29/h3-8,12,15H,9-11H2,1-2H3,(H,28,29). The van der Waals surface area contributed by atoms with Crippen LogP contribution in [0.4, 0.5) is 0 Å². The van der Waals surface area contributed by atoms with Crippen LogP contribution in [0.15, 0.2) is 40.9 Å². The van der Waals surface area contributed by atoms with Crippen molar-refractivity contribution in [2.75, 3.05) is 13.1 Å². The van der Waals surface area contributed by atoms with Crippen molar-refractivity contribution in [2.24, 2.45) is 5.92 Å². The molecule has 0 spiro atoms. The molecule has 0 saturated carbocycles. The average molecular weight is 462 g/mol. The van der Waals surface area contributed by atoms with Crippen molar-refractivity contribution in [3.05, 3.63) is 52.0 Å². The molecule has 3 aromatic rings. The maximum Gasteiger partial charge on any atom is 0.309 e. The highest BCUT2D eigenvalue weighted by Crippen LogP contribution is 2.33. The SMILES string of the molecule is CC(C)Oc1ccc(-c2noc(-c3cc(CN4CC(C(=O)O)C4)ccc3Cl)n2)cc1Cl. The quantitative estimate of drug-likeness (QED) is 0.528. The Morgan fingerprint density at radius 3 is 2.68 bits per heavy atom. The average Bonchev–Trinajstić information content (AvgIpc) is 3.16. The molecule has 1 aromatic heterocycles. The second-order valence-electron chi connectivity index (χ2n) is 7.78. The number of halogens is 2. The molecular formula is C22H21Cl2N3O4. The lowest BCUT2D eigenvalue weighted by Gasteiger charge is -2.36. The summed E-state index contributed by atoms with van der Waals surface area (Å²) in [6.07, 6.45) is 0.0146. The highest BCUT2D eigenvalue weighted by atomic mass is 35.5. The number of ether oxygens (including phenoxy) is 1. The van der Waals surface area contributed by atoms with Gasteiger partial charge >= 0.3 is 5.97 Å². The van der Waals surface area contributed by atoms with Crippen LogP contribution in [0.25, 0.3) is 22.8 Å². The van der Waals surface area contributed by atoms with Crippen molar-refractivity contribution in [3.8, 4) is 28.6 Å². The Balaban J connectivity index is 1.52. The van der Waals surface area contributed by atoms with E-state index in [0.717, 1.165) is 5.56 Å². The first-order chi connectivity index (χ1) is 14.8. The van der Waals surface area contributed by atoms with E-state index < -0.39 is 5.97 Å². The van der Waals surface area contributed by atoms with E-state index in [1.807, 2.05) is 32.0 Å². The molecule has 1 aliphatic rings. The first-order valence-electron chi connectivity index (χ1n) is 9.84. The van der Waals surface area contributed by atoms with Gasteiger partial charge in [-0.2, -0.15) is 4.98 Å². The third-order valence-corrected chi connectivity index (χ3v) is 5.58. The van der Waals surface area contributed by atoms with Gasteiger partial charge < -0.3 is 14.4 Å². The van der Waals surface area contributed by atoms with Gasteiger partial charge in [0.25, 0.3) is 5.89 Å². The summed E-state index contributed by atoms with van der Waals surface area (Å²) >= 11 is 12.7. The highest BCUT2D eigenvalue weighted by molar-refractivity contribution is 6.33. The molecule has 1 aliphatic heterocycles. The minimum Gasteiger partial charge on any atom is -0.489 e. The molecule has 9 heteroatoms. The number of likely N-dealkylation sites (tertiary alicyclic amines) is 1. The van der Waals surface area contributed by atoms with Gasteiger partial charge in [0.15, 0.2) is 0 Å². The Morgan fingerprint density at radius 2 is 2.00 bits per heavy atom. The van der Waals surface area contributed by atoms with Gasteiger partial charge in [0, 0.05) is 25.2 Å². The predicted molar refractivity (Wildman–Crippen MR) is 117 cm³/mol. The zero-order valence-corrected chi connectivity index (χ0v) is 18.5. The van der Waals surface area contributed by atoms with Crippen LogP contribution in [-0.2, 0) is 11.3 Å². The van der Waals surface area contributed by atoms with Crippen LogP contribution in [0.5, 0.6) is 5.75 Å². The zero-order valence-electron chi connectivity index (χ0n) is 17.0. The van der Waals surface area contributed by atoms with E-state index in [2.05, 4.69) is 15.0 Å². The topological polar surface area (TPSA) is 88.7 Å². The second kappa shape index (κ2) is 8.86. The molecule has 0 aliphatic carbocycles. The van der Waals surface area contributed by atoms with Gasteiger partial charge in [0.1, 0.15) is 5.75 Å². The molecule has 31 heavy (non-hydrogen) atoms. The molecule has 2 aromatic carbocycles. The maximum atomic E-state index is 11.0. The number of carboxylic acid groups (broad SMARTS) is 1. The molecule has 1 N–H and O–H groups in total. The van der Waals surface area contributed by atoms with Crippen LogP contribution >= 0.6 is 23.2 Å². The minimum atomic E-state index is -0.754. The van der Waals surface area contributed by atoms with E-state index in [-0.39, 0.29) is 12.0 Å². The number of rotatable bonds is 7. The molecular weight excluding hydrogens is 441 g/mol. The fourth-order valence-corrected chi connectivity index (χ4v) is 3.81. The summed E-state index contributed by atoms with van der Waals surface area (Å²) in [5.41, 5.74) is 2.31. The summed E-state index contributed by atoms with van der Waals surface area (Å²) in [6.45, 7) is 5.56. The fraction of sp³-hybridized carbons (Fsp3) is 0.318. The van der Waals surface area contributed by atoms with Gasteiger partial charge in [-0.3, -0.25) is 9.69 Å². The molecule has 0 unspecified atom stereocenters. The molecule has 0 atom stereocenters. The molecule has 0 bridgehead atoms. The van der Waals surface area contributed by atoms with Gasteiger partial charge in [-0.1, -0.05) is 34.4 Å². The van der Waals surface area contributed by atoms with E-state index in [1.54, 1.807) is 18.2 Å². The Kier molecular flexibility index (Phi) is 6.18. The largest absolute Gasteiger partial charge is 0.489 e. The van der Waals surface area contributed by atoms with Gasteiger partial charge in [0.05, 0.1) is 27.6 Å². The van der Waals surface area contributed by atoms with Crippen LogP contribution in [0.3, 0.4) is 0 Å². The Labute approximate surface area is 189 Å². The monoisotopic (exact) mass is 461 g/mol. The number of carbonyl (C=O) groups is 1. The summed E-state index contributed by atoms with van der Waals surface area (Å²) in [5, 5.41) is 14.0. The number of aromatic nitrogens is 2. The summed E-state index contributed by atoms with van der Waals surface area (Å²) in [5.74, 6) is 0.231. The van der Waals surface area contributed by atoms with E-state index in [4.69, 9.17) is 37.6 Å². The normalized spacial score (nSPS) is 14.6. The molecule has 162 valence electrons. The van der Waals surface area contributed by atoms with Gasteiger partial charge in [0.2, 0.25) is 5.82 Å². The van der Waals surface area contributed by atoms with Crippen molar-refractivity contribution in [3.63, 3.8) is 0 Å². The van der Waals surface area contributed by atoms with E-state index >= 15 is 0 Å². The smallest absolute Gasteiger partial charge is 0.309 e. The third kappa shape index (κ3) is 4.84. The number of aliphatic carboxylic acids is 1. The number of hydrogen-bond acceptors (Lipinski definition) is 6. The molecule has 0 radical (unpaired) electrons. The number of nitrogens with zero attached hydrogens (tertiary/aromatic N) is 3.